The van der Waals surface area contributed by atoms with Crippen LogP contribution in [0.3, 0.4) is 0 Å². The Morgan fingerprint density at radius 2 is 1.83 bits per heavy atom. The number of carbonyl (C=O) groups is 2. The number of carbonyl (C=O) groups excluding carboxylic acids is 2. The summed E-state index contributed by atoms with van der Waals surface area (Å²) in [7, 11) is 1.35. The van der Waals surface area contributed by atoms with Gasteiger partial charge in [-0.3, -0.25) is 0 Å². The second-order valence-corrected chi connectivity index (χ2v) is 6.81. The summed E-state index contributed by atoms with van der Waals surface area (Å²) in [5.41, 5.74) is 1.35. The molecule has 5 nitrogen and oxygen atoms in total. The number of methoxy groups -OCH3 is 1. The van der Waals surface area contributed by atoms with E-state index in [0.29, 0.717) is 5.92 Å². The van der Waals surface area contributed by atoms with Gasteiger partial charge < -0.3 is 15.0 Å². The van der Waals surface area contributed by atoms with Gasteiger partial charge in [0.1, 0.15) is 6.04 Å². The molecule has 1 aromatic carbocycles. The minimum Gasteiger partial charge on any atom is -0.467 e. The van der Waals surface area contributed by atoms with E-state index in [-0.39, 0.29) is 11.9 Å². The van der Waals surface area contributed by atoms with Crippen LogP contribution in [0.2, 0.25) is 0 Å². The third kappa shape index (κ3) is 4.98. The smallest absolute Gasteiger partial charge is 0.328 e. The standard InChI is InChI=1S/C19H28N2O3/c1-14(2)17(18(22)24-3)20-19(23)21-11-9-16(10-12-21)13-15-7-5-4-6-8-15/h4-8,14,16-17H,9-13H2,1-3H3,(H,20,23)/t17-/m0/s1. The largest absolute Gasteiger partial charge is 0.467 e. The molecule has 2 rings (SSSR count). The highest BCUT2D eigenvalue weighted by molar-refractivity contribution is 5.83. The maximum absolute atomic E-state index is 12.4. The number of piperidine rings is 1. The molecule has 24 heavy (non-hydrogen) atoms. The van der Waals surface area contributed by atoms with Crippen molar-refractivity contribution in [1.82, 2.24) is 10.2 Å². The summed E-state index contributed by atoms with van der Waals surface area (Å²) in [6.07, 6.45) is 3.05. The molecule has 0 aromatic heterocycles. The number of rotatable bonds is 5. The van der Waals surface area contributed by atoms with Crippen LogP contribution < -0.4 is 5.32 Å². The van der Waals surface area contributed by atoms with Gasteiger partial charge in [-0.05, 0) is 36.7 Å². The van der Waals surface area contributed by atoms with E-state index in [0.717, 1.165) is 32.4 Å². The summed E-state index contributed by atoms with van der Waals surface area (Å²) in [5.74, 6) is 0.215. The molecule has 1 saturated heterocycles. The highest BCUT2D eigenvalue weighted by Crippen LogP contribution is 2.21. The van der Waals surface area contributed by atoms with Crippen molar-refractivity contribution in [3.63, 3.8) is 0 Å². The lowest BCUT2D eigenvalue weighted by atomic mass is 9.90. The molecule has 0 bridgehead atoms. The van der Waals surface area contributed by atoms with Gasteiger partial charge in [0.05, 0.1) is 7.11 Å². The van der Waals surface area contributed by atoms with Crippen LogP contribution in [0.1, 0.15) is 32.3 Å². The highest BCUT2D eigenvalue weighted by atomic mass is 16.5. The molecule has 0 radical (unpaired) electrons. The zero-order chi connectivity index (χ0) is 17.5. The van der Waals surface area contributed by atoms with E-state index in [4.69, 9.17) is 4.74 Å². The first-order valence-corrected chi connectivity index (χ1v) is 8.68. The fraction of sp³-hybridized carbons (Fsp3) is 0.579. The molecule has 1 fully saturated rings. The van der Waals surface area contributed by atoms with Crippen LogP contribution >= 0.6 is 0 Å². The number of nitrogens with one attached hydrogen (secondary N) is 1. The minimum absolute atomic E-state index is 0.00276. The van der Waals surface area contributed by atoms with Crippen molar-refractivity contribution in [3.05, 3.63) is 35.9 Å². The molecule has 0 unspecified atom stereocenters. The van der Waals surface area contributed by atoms with Crippen LogP contribution in [0, 0.1) is 11.8 Å². The molecular weight excluding hydrogens is 304 g/mol. The molecule has 1 atom stereocenters. The van der Waals surface area contributed by atoms with Gasteiger partial charge in [-0.15, -0.1) is 0 Å². The van der Waals surface area contributed by atoms with Gasteiger partial charge in [-0.25, -0.2) is 9.59 Å². The average Bonchev–Trinajstić information content (AvgIpc) is 2.60. The molecule has 1 N–H and O–H groups in total. The van der Waals surface area contributed by atoms with E-state index >= 15 is 0 Å². The first-order chi connectivity index (χ1) is 11.5. The average molecular weight is 332 g/mol. The van der Waals surface area contributed by atoms with Gasteiger partial charge in [-0.1, -0.05) is 44.2 Å². The fourth-order valence-corrected chi connectivity index (χ4v) is 3.14. The highest BCUT2D eigenvalue weighted by Gasteiger charge is 2.29. The number of likely N-dealkylation sites (tertiary alicyclic amines) is 1. The number of hydrogen-bond acceptors (Lipinski definition) is 3. The van der Waals surface area contributed by atoms with Crippen molar-refractivity contribution < 1.29 is 14.3 Å². The topological polar surface area (TPSA) is 58.6 Å². The first-order valence-electron chi connectivity index (χ1n) is 8.68. The molecule has 1 aliphatic heterocycles. The van der Waals surface area contributed by atoms with E-state index < -0.39 is 12.0 Å². The number of hydrogen-bond donors (Lipinski definition) is 1. The Hall–Kier alpha value is -2.04. The van der Waals surface area contributed by atoms with Crippen molar-refractivity contribution in [3.8, 4) is 0 Å². The lowest BCUT2D eigenvalue weighted by molar-refractivity contribution is -0.144. The molecule has 1 heterocycles. The summed E-state index contributed by atoms with van der Waals surface area (Å²) in [5, 5.41) is 2.81. The Balaban J connectivity index is 1.82. The van der Waals surface area contributed by atoms with Crippen LogP contribution in [0.15, 0.2) is 30.3 Å². The monoisotopic (exact) mass is 332 g/mol. The third-order valence-electron chi connectivity index (χ3n) is 4.67. The van der Waals surface area contributed by atoms with Crippen LogP contribution in [-0.4, -0.2) is 43.1 Å². The normalized spacial score (nSPS) is 16.8. The molecule has 0 saturated carbocycles. The van der Waals surface area contributed by atoms with Crippen molar-refractivity contribution in [1.29, 1.82) is 0 Å². The lowest BCUT2D eigenvalue weighted by Gasteiger charge is -2.33. The van der Waals surface area contributed by atoms with E-state index in [9.17, 15) is 9.59 Å². The second kappa shape index (κ2) is 8.71. The van der Waals surface area contributed by atoms with E-state index in [2.05, 4.69) is 29.6 Å². The summed E-state index contributed by atoms with van der Waals surface area (Å²) in [6.45, 7) is 5.26. The number of urea groups is 1. The van der Waals surface area contributed by atoms with Crippen LogP contribution in [0.4, 0.5) is 4.79 Å². The predicted molar refractivity (Wildman–Crippen MR) is 93.6 cm³/mol. The molecule has 0 spiro atoms. The summed E-state index contributed by atoms with van der Waals surface area (Å²) in [6, 6.07) is 9.71. The Bertz CT molecular complexity index is 537. The molecule has 1 aliphatic rings. The molecule has 0 aliphatic carbocycles. The van der Waals surface area contributed by atoms with Gasteiger partial charge in [0.15, 0.2) is 0 Å². The Morgan fingerprint density at radius 1 is 1.21 bits per heavy atom. The molecular formula is C19H28N2O3. The maximum atomic E-state index is 12.4. The molecule has 2 amide bonds. The van der Waals surface area contributed by atoms with E-state index in [1.54, 1.807) is 4.90 Å². The Morgan fingerprint density at radius 3 is 2.38 bits per heavy atom. The second-order valence-electron chi connectivity index (χ2n) is 6.81. The number of amides is 2. The number of esters is 1. The zero-order valence-electron chi connectivity index (χ0n) is 14.8. The van der Waals surface area contributed by atoms with E-state index in [1.165, 1.54) is 12.7 Å². The van der Waals surface area contributed by atoms with E-state index in [1.807, 2.05) is 19.9 Å². The van der Waals surface area contributed by atoms with Crippen LogP contribution in [-0.2, 0) is 16.0 Å². The molecule has 1 aromatic rings. The van der Waals surface area contributed by atoms with Gasteiger partial charge in [0, 0.05) is 13.1 Å². The zero-order valence-corrected chi connectivity index (χ0v) is 14.8. The summed E-state index contributed by atoms with van der Waals surface area (Å²) >= 11 is 0. The molecule has 5 heteroatoms. The van der Waals surface area contributed by atoms with Gasteiger partial charge >= 0.3 is 12.0 Å². The van der Waals surface area contributed by atoms with Gasteiger partial charge in [0.25, 0.3) is 0 Å². The SMILES string of the molecule is COC(=O)[C@@H](NC(=O)N1CCC(Cc2ccccc2)CC1)C(C)C. The van der Waals surface area contributed by atoms with Gasteiger partial charge in [0.2, 0.25) is 0 Å². The predicted octanol–water partition coefficient (Wildman–Crippen LogP) is 2.85. The number of nitrogens with zero attached hydrogens (tertiary/aromatic N) is 1. The van der Waals surface area contributed by atoms with Crippen molar-refractivity contribution in [2.75, 3.05) is 20.2 Å². The van der Waals surface area contributed by atoms with Crippen LogP contribution in [0.5, 0.6) is 0 Å². The third-order valence-corrected chi connectivity index (χ3v) is 4.67. The lowest BCUT2D eigenvalue weighted by Crippen LogP contribution is -2.52. The van der Waals surface area contributed by atoms with Gasteiger partial charge in [-0.2, -0.15) is 0 Å². The van der Waals surface area contributed by atoms with Crippen molar-refractivity contribution in [2.24, 2.45) is 11.8 Å². The fourth-order valence-electron chi connectivity index (χ4n) is 3.14. The minimum atomic E-state index is -0.593. The first kappa shape index (κ1) is 18.3. The number of benzene rings is 1. The van der Waals surface area contributed by atoms with Crippen LogP contribution in [0.25, 0.3) is 0 Å². The molecule has 132 valence electrons. The quantitative estimate of drug-likeness (QED) is 0.844. The Kier molecular flexibility index (Phi) is 6.64. The summed E-state index contributed by atoms with van der Waals surface area (Å²) < 4.78 is 4.77. The summed E-state index contributed by atoms with van der Waals surface area (Å²) in [4.78, 5) is 26.0. The number of ether oxygens (including phenoxy) is 1. The Labute approximate surface area is 144 Å². The maximum Gasteiger partial charge on any atom is 0.328 e. The van der Waals surface area contributed by atoms with Crippen molar-refractivity contribution >= 4 is 12.0 Å². The van der Waals surface area contributed by atoms with Crippen molar-refractivity contribution in [2.45, 2.75) is 39.2 Å².